The van der Waals surface area contributed by atoms with Crippen LogP contribution in [0.4, 0.5) is 5.69 Å². The van der Waals surface area contributed by atoms with Crippen LogP contribution in [0, 0.1) is 0 Å². The highest BCUT2D eigenvalue weighted by Gasteiger charge is 2.04. The van der Waals surface area contributed by atoms with E-state index in [-0.39, 0.29) is 12.5 Å². The number of anilines is 1. The van der Waals surface area contributed by atoms with Crippen LogP contribution >= 0.6 is 11.8 Å². The summed E-state index contributed by atoms with van der Waals surface area (Å²) in [4.78, 5) is 11.7. The number of hydrogen-bond donors (Lipinski definition) is 2. The average molecular weight is 267 g/mol. The molecule has 1 amide bonds. The van der Waals surface area contributed by atoms with Crippen molar-refractivity contribution in [2.45, 2.75) is 31.9 Å². The first-order chi connectivity index (χ1) is 8.61. The number of aliphatic hydroxyl groups excluding tert-OH is 1. The number of aryl methyl sites for hydroxylation is 1. The van der Waals surface area contributed by atoms with Crippen LogP contribution in [0.1, 0.15) is 25.8 Å². The molecule has 0 aliphatic heterocycles. The predicted molar refractivity (Wildman–Crippen MR) is 78.1 cm³/mol. The second-order valence-electron chi connectivity index (χ2n) is 4.44. The van der Waals surface area contributed by atoms with Crippen molar-refractivity contribution in [2.24, 2.45) is 0 Å². The highest BCUT2D eigenvalue weighted by molar-refractivity contribution is 8.00. The van der Waals surface area contributed by atoms with Gasteiger partial charge in [-0.05, 0) is 35.8 Å². The van der Waals surface area contributed by atoms with E-state index in [2.05, 4.69) is 19.2 Å². The Kier molecular flexibility index (Phi) is 6.83. The van der Waals surface area contributed by atoms with Gasteiger partial charge in [0.15, 0.2) is 0 Å². The van der Waals surface area contributed by atoms with E-state index < -0.39 is 0 Å². The van der Waals surface area contributed by atoms with Gasteiger partial charge in [0.05, 0.1) is 5.75 Å². The third-order valence-corrected chi connectivity index (χ3v) is 3.48. The lowest BCUT2D eigenvalue weighted by Gasteiger charge is -2.08. The van der Waals surface area contributed by atoms with Crippen LogP contribution in [0.2, 0.25) is 0 Å². The molecule has 4 heteroatoms. The van der Waals surface area contributed by atoms with Gasteiger partial charge in [0.2, 0.25) is 5.91 Å². The minimum Gasteiger partial charge on any atom is -0.396 e. The predicted octanol–water partition coefficient (Wildman–Crippen LogP) is 2.69. The molecule has 0 atom stereocenters. The van der Waals surface area contributed by atoms with Gasteiger partial charge < -0.3 is 10.4 Å². The van der Waals surface area contributed by atoms with Gasteiger partial charge in [0, 0.05) is 12.3 Å². The van der Waals surface area contributed by atoms with Crippen molar-refractivity contribution in [3.05, 3.63) is 29.8 Å². The molecule has 0 aromatic heterocycles. The van der Waals surface area contributed by atoms with E-state index in [9.17, 15) is 4.79 Å². The zero-order chi connectivity index (χ0) is 13.4. The average Bonchev–Trinajstić information content (AvgIpc) is 2.34. The van der Waals surface area contributed by atoms with Crippen molar-refractivity contribution < 1.29 is 9.90 Å². The molecule has 0 heterocycles. The van der Waals surface area contributed by atoms with Crippen molar-refractivity contribution in [2.75, 3.05) is 17.7 Å². The number of aliphatic hydroxyl groups is 1. The monoisotopic (exact) mass is 267 g/mol. The summed E-state index contributed by atoms with van der Waals surface area (Å²) < 4.78 is 0. The van der Waals surface area contributed by atoms with E-state index in [1.807, 2.05) is 24.3 Å². The summed E-state index contributed by atoms with van der Waals surface area (Å²) in [7, 11) is 0. The van der Waals surface area contributed by atoms with Gasteiger partial charge in [-0.3, -0.25) is 4.79 Å². The highest BCUT2D eigenvalue weighted by atomic mass is 32.2. The van der Waals surface area contributed by atoms with Crippen molar-refractivity contribution in [3.8, 4) is 0 Å². The van der Waals surface area contributed by atoms with Crippen molar-refractivity contribution in [1.29, 1.82) is 0 Å². The molecule has 0 aliphatic rings. The summed E-state index contributed by atoms with van der Waals surface area (Å²) >= 11 is 1.63. The third kappa shape index (κ3) is 6.07. The summed E-state index contributed by atoms with van der Waals surface area (Å²) in [6, 6.07) is 7.79. The molecular weight excluding hydrogens is 246 g/mol. The number of nitrogens with one attached hydrogen (secondary N) is 1. The number of amides is 1. The second kappa shape index (κ2) is 8.16. The van der Waals surface area contributed by atoms with Gasteiger partial charge in [0.1, 0.15) is 0 Å². The lowest BCUT2D eigenvalue weighted by molar-refractivity contribution is -0.113. The Morgan fingerprint density at radius 2 is 2.22 bits per heavy atom. The number of thioether (sulfide) groups is 1. The van der Waals surface area contributed by atoms with Crippen LogP contribution < -0.4 is 5.32 Å². The number of carbonyl (C=O) groups is 1. The minimum atomic E-state index is 0.0352. The van der Waals surface area contributed by atoms with Crippen LogP contribution in [-0.2, 0) is 11.2 Å². The Hall–Kier alpha value is -1.00. The first kappa shape index (κ1) is 15.1. The SMILES string of the molecule is CC(C)SCC(=O)Nc1cccc(CCCO)c1. The normalized spacial score (nSPS) is 10.7. The summed E-state index contributed by atoms with van der Waals surface area (Å²) in [5, 5.41) is 12.1. The Morgan fingerprint density at radius 1 is 1.44 bits per heavy atom. The highest BCUT2D eigenvalue weighted by Crippen LogP contribution is 2.14. The smallest absolute Gasteiger partial charge is 0.234 e. The molecule has 0 saturated carbocycles. The van der Waals surface area contributed by atoms with Gasteiger partial charge in [-0.1, -0.05) is 26.0 Å². The first-order valence-corrected chi connectivity index (χ1v) is 7.28. The van der Waals surface area contributed by atoms with Crippen molar-refractivity contribution in [1.82, 2.24) is 0 Å². The number of carbonyl (C=O) groups excluding carboxylic acids is 1. The van der Waals surface area contributed by atoms with Gasteiger partial charge in [-0.2, -0.15) is 0 Å². The zero-order valence-corrected chi connectivity index (χ0v) is 11.8. The van der Waals surface area contributed by atoms with Crippen LogP contribution in [-0.4, -0.2) is 28.6 Å². The topological polar surface area (TPSA) is 49.3 Å². The molecule has 0 spiro atoms. The molecule has 0 radical (unpaired) electrons. The standard InChI is InChI=1S/C14H21NO2S/c1-11(2)18-10-14(17)15-13-7-3-5-12(9-13)6-4-8-16/h3,5,7,9,11,16H,4,6,8,10H2,1-2H3,(H,15,17). The molecule has 0 fully saturated rings. The van der Waals surface area contributed by atoms with Gasteiger partial charge in [0.25, 0.3) is 0 Å². The maximum atomic E-state index is 11.7. The molecular formula is C14H21NO2S. The van der Waals surface area contributed by atoms with Crippen molar-refractivity contribution >= 4 is 23.4 Å². The van der Waals surface area contributed by atoms with E-state index in [4.69, 9.17) is 5.11 Å². The van der Waals surface area contributed by atoms with Crippen LogP contribution in [0.15, 0.2) is 24.3 Å². The van der Waals surface area contributed by atoms with E-state index in [1.54, 1.807) is 11.8 Å². The number of benzene rings is 1. The maximum absolute atomic E-state index is 11.7. The first-order valence-electron chi connectivity index (χ1n) is 6.23. The van der Waals surface area contributed by atoms with Crippen LogP contribution in [0.5, 0.6) is 0 Å². The molecule has 0 saturated heterocycles. The Bertz CT molecular complexity index is 380. The molecule has 2 N–H and O–H groups in total. The van der Waals surface area contributed by atoms with Gasteiger partial charge in [-0.15, -0.1) is 11.8 Å². The minimum absolute atomic E-state index is 0.0352. The maximum Gasteiger partial charge on any atom is 0.234 e. The number of rotatable bonds is 7. The molecule has 0 bridgehead atoms. The summed E-state index contributed by atoms with van der Waals surface area (Å²) in [6.45, 7) is 4.35. The summed E-state index contributed by atoms with van der Waals surface area (Å²) in [6.07, 6.45) is 1.58. The van der Waals surface area contributed by atoms with E-state index >= 15 is 0 Å². The van der Waals surface area contributed by atoms with E-state index in [0.717, 1.165) is 24.1 Å². The molecule has 0 unspecified atom stereocenters. The molecule has 1 aromatic carbocycles. The fourth-order valence-electron chi connectivity index (χ4n) is 1.53. The van der Waals surface area contributed by atoms with Crippen molar-refractivity contribution in [3.63, 3.8) is 0 Å². The number of hydrogen-bond acceptors (Lipinski definition) is 3. The molecule has 100 valence electrons. The second-order valence-corrected chi connectivity index (χ2v) is 6.00. The van der Waals surface area contributed by atoms with Gasteiger partial charge >= 0.3 is 0 Å². The lowest BCUT2D eigenvalue weighted by Crippen LogP contribution is -2.15. The summed E-state index contributed by atoms with van der Waals surface area (Å²) in [5.74, 6) is 0.520. The molecule has 3 nitrogen and oxygen atoms in total. The van der Waals surface area contributed by atoms with Crippen LogP contribution in [0.3, 0.4) is 0 Å². The lowest BCUT2D eigenvalue weighted by atomic mass is 10.1. The molecule has 0 aliphatic carbocycles. The Balaban J connectivity index is 2.48. The fraction of sp³-hybridized carbons (Fsp3) is 0.500. The molecule has 1 rings (SSSR count). The van der Waals surface area contributed by atoms with E-state index in [1.165, 1.54) is 0 Å². The molecule has 18 heavy (non-hydrogen) atoms. The fourth-order valence-corrected chi connectivity index (χ4v) is 2.08. The third-order valence-electron chi connectivity index (χ3n) is 2.38. The molecule has 1 aromatic rings. The Morgan fingerprint density at radius 3 is 2.89 bits per heavy atom. The largest absolute Gasteiger partial charge is 0.396 e. The quantitative estimate of drug-likeness (QED) is 0.798. The van der Waals surface area contributed by atoms with Gasteiger partial charge in [-0.25, -0.2) is 0 Å². The Labute approximate surface area is 113 Å². The zero-order valence-electron chi connectivity index (χ0n) is 11.0. The summed E-state index contributed by atoms with van der Waals surface area (Å²) in [5.41, 5.74) is 1.97. The van der Waals surface area contributed by atoms with E-state index in [0.29, 0.717) is 11.0 Å². The van der Waals surface area contributed by atoms with Crippen LogP contribution in [0.25, 0.3) is 0 Å².